The van der Waals surface area contributed by atoms with E-state index < -0.39 is 46.8 Å². The van der Waals surface area contributed by atoms with Crippen LogP contribution in [0.5, 0.6) is 0 Å². The van der Waals surface area contributed by atoms with Crippen molar-refractivity contribution in [1.82, 2.24) is 15.6 Å². The Kier molecular flexibility index (Phi) is 9.31. The van der Waals surface area contributed by atoms with Crippen molar-refractivity contribution in [2.75, 3.05) is 6.54 Å². The van der Waals surface area contributed by atoms with E-state index in [1.165, 1.54) is 0 Å². The summed E-state index contributed by atoms with van der Waals surface area (Å²) < 4.78 is 94.3. The van der Waals surface area contributed by atoms with Gasteiger partial charge in [0, 0.05) is 18.3 Å². The van der Waals surface area contributed by atoms with Crippen molar-refractivity contribution < 1.29 is 40.3 Å². The Bertz CT molecular complexity index is 1450. The maximum Gasteiger partial charge on any atom is 0.418 e. The number of aromatic nitrogens is 1. The molecule has 3 rings (SSSR count). The minimum atomic E-state index is -5.28. The Morgan fingerprint density at radius 2 is 1.68 bits per heavy atom. The van der Waals surface area contributed by atoms with E-state index in [9.17, 15) is 40.3 Å². The zero-order valence-electron chi connectivity index (χ0n) is 20.5. The Balaban J connectivity index is 1.89. The highest BCUT2D eigenvalue weighted by Gasteiger charge is 2.42. The Morgan fingerprint density at radius 3 is 2.30 bits per heavy atom. The average Bonchev–Trinajstić information content (AvgIpc) is 2.90. The number of amides is 2. The molecule has 1 aromatic heterocycles. The Labute approximate surface area is 224 Å². The standard InChI is InChI=1S/C28H20F7N3O2/c1-2-23(39)37-15-18-6-3-5-17(13-18)7-4-12-36-26(40)24(19-8-10-21(29)11-9-19)25-22(28(33,34)35)14-20(16-38-25)27(30,31)32/h2-3,5-6,8-11,13-14,16,24H,1,12,15H2,(H,36,40)(H,37,39). The first-order valence-corrected chi connectivity index (χ1v) is 11.4. The first kappa shape index (κ1) is 29.9. The molecule has 0 radical (unpaired) electrons. The van der Waals surface area contributed by atoms with Gasteiger partial charge in [0.25, 0.3) is 0 Å². The van der Waals surface area contributed by atoms with E-state index in [1.807, 2.05) is 0 Å². The van der Waals surface area contributed by atoms with Gasteiger partial charge in [-0.3, -0.25) is 14.6 Å². The van der Waals surface area contributed by atoms with Gasteiger partial charge in [-0.05, 0) is 47.5 Å². The Morgan fingerprint density at radius 1 is 0.975 bits per heavy atom. The summed E-state index contributed by atoms with van der Waals surface area (Å²) in [5, 5.41) is 4.94. The monoisotopic (exact) mass is 563 g/mol. The molecule has 0 saturated carbocycles. The molecule has 1 atom stereocenters. The second kappa shape index (κ2) is 12.5. The summed E-state index contributed by atoms with van der Waals surface area (Å²) in [6.07, 6.45) is -9.07. The molecule has 1 heterocycles. The summed E-state index contributed by atoms with van der Waals surface area (Å²) in [5.74, 6) is 1.43. The Hall–Kier alpha value is -4.66. The molecule has 12 heteroatoms. The molecule has 3 aromatic rings. The topological polar surface area (TPSA) is 71.1 Å². The lowest BCUT2D eigenvalue weighted by Gasteiger charge is -2.21. The van der Waals surface area contributed by atoms with Crippen LogP contribution in [0.4, 0.5) is 30.7 Å². The number of alkyl halides is 6. The number of hydrogen-bond acceptors (Lipinski definition) is 3. The molecular formula is C28H20F7N3O2. The third-order valence-corrected chi connectivity index (χ3v) is 5.45. The number of halogens is 7. The molecule has 2 N–H and O–H groups in total. The van der Waals surface area contributed by atoms with Crippen LogP contribution < -0.4 is 10.6 Å². The van der Waals surface area contributed by atoms with Gasteiger partial charge in [0.2, 0.25) is 11.8 Å². The quantitative estimate of drug-likeness (QED) is 0.231. The molecule has 0 aliphatic carbocycles. The van der Waals surface area contributed by atoms with Crippen molar-refractivity contribution >= 4 is 11.8 Å². The van der Waals surface area contributed by atoms with Crippen molar-refractivity contribution in [1.29, 1.82) is 0 Å². The van der Waals surface area contributed by atoms with Crippen LogP contribution >= 0.6 is 0 Å². The first-order chi connectivity index (χ1) is 18.8. The summed E-state index contributed by atoms with van der Waals surface area (Å²) in [7, 11) is 0. The highest BCUT2D eigenvalue weighted by molar-refractivity contribution is 5.87. The van der Waals surface area contributed by atoms with Gasteiger partial charge in [0.05, 0.1) is 23.4 Å². The molecule has 5 nitrogen and oxygen atoms in total. The summed E-state index contributed by atoms with van der Waals surface area (Å²) in [6.45, 7) is 3.22. The van der Waals surface area contributed by atoms with Crippen LogP contribution in [-0.4, -0.2) is 23.3 Å². The van der Waals surface area contributed by atoms with Crippen LogP contribution in [0.3, 0.4) is 0 Å². The zero-order valence-corrected chi connectivity index (χ0v) is 20.5. The van der Waals surface area contributed by atoms with Gasteiger partial charge in [-0.15, -0.1) is 0 Å². The summed E-state index contributed by atoms with van der Waals surface area (Å²) in [4.78, 5) is 27.8. The van der Waals surface area contributed by atoms with Gasteiger partial charge in [-0.2, -0.15) is 26.3 Å². The minimum absolute atomic E-state index is 0.115. The first-order valence-electron chi connectivity index (χ1n) is 11.4. The zero-order chi connectivity index (χ0) is 29.5. The number of nitrogens with one attached hydrogen (secondary N) is 2. The molecule has 0 saturated heterocycles. The van der Waals surface area contributed by atoms with Crippen LogP contribution in [-0.2, 0) is 28.5 Å². The fourth-order valence-electron chi connectivity index (χ4n) is 3.58. The number of carbonyl (C=O) groups is 2. The van der Waals surface area contributed by atoms with E-state index >= 15 is 0 Å². The van der Waals surface area contributed by atoms with Crippen molar-refractivity contribution in [3.8, 4) is 11.8 Å². The normalized spacial score (nSPS) is 12.1. The van der Waals surface area contributed by atoms with Crippen LogP contribution in [0.15, 0.2) is 73.4 Å². The second-order valence-electron chi connectivity index (χ2n) is 8.28. The van der Waals surface area contributed by atoms with E-state index in [0.29, 0.717) is 5.56 Å². The lowest BCUT2D eigenvalue weighted by atomic mass is 9.90. The third kappa shape index (κ3) is 7.92. The SMILES string of the molecule is C=CC(=O)NCc1cccc(C#CCNC(=O)C(c2ccc(F)cc2)c2ncc(C(F)(F)F)cc2C(F)(F)F)c1. The molecular weight excluding hydrogens is 543 g/mol. The van der Waals surface area contributed by atoms with Gasteiger partial charge < -0.3 is 10.6 Å². The predicted octanol–water partition coefficient (Wildman–Crippen LogP) is 5.36. The fourth-order valence-corrected chi connectivity index (χ4v) is 3.58. The highest BCUT2D eigenvalue weighted by Crippen LogP contribution is 2.40. The van der Waals surface area contributed by atoms with Crippen LogP contribution in [0.25, 0.3) is 0 Å². The average molecular weight is 563 g/mol. The molecule has 0 spiro atoms. The minimum Gasteiger partial charge on any atom is -0.348 e. The van der Waals surface area contributed by atoms with Gasteiger partial charge in [-0.1, -0.05) is 42.7 Å². The molecule has 0 bridgehead atoms. The molecule has 2 amide bonds. The smallest absolute Gasteiger partial charge is 0.348 e. The van der Waals surface area contributed by atoms with Crippen LogP contribution in [0.1, 0.15) is 39.4 Å². The van der Waals surface area contributed by atoms with Gasteiger partial charge in [-0.25, -0.2) is 4.39 Å². The molecule has 208 valence electrons. The summed E-state index contributed by atoms with van der Waals surface area (Å²) >= 11 is 0. The molecule has 2 aromatic carbocycles. The van der Waals surface area contributed by atoms with Gasteiger partial charge in [0.1, 0.15) is 11.7 Å². The molecule has 0 aliphatic rings. The number of rotatable bonds is 7. The number of benzene rings is 2. The molecule has 0 aliphatic heterocycles. The van der Waals surface area contributed by atoms with Gasteiger partial charge in [0.15, 0.2) is 0 Å². The van der Waals surface area contributed by atoms with Crippen molar-refractivity contribution in [2.24, 2.45) is 0 Å². The van der Waals surface area contributed by atoms with Crippen molar-refractivity contribution in [2.45, 2.75) is 24.8 Å². The number of carbonyl (C=O) groups excluding carboxylic acids is 2. The highest BCUT2D eigenvalue weighted by atomic mass is 19.4. The van der Waals surface area contributed by atoms with Crippen molar-refractivity contribution in [3.63, 3.8) is 0 Å². The third-order valence-electron chi connectivity index (χ3n) is 5.45. The summed E-state index contributed by atoms with van der Waals surface area (Å²) in [5.41, 5.74) is -3.27. The lowest BCUT2D eigenvalue weighted by molar-refractivity contribution is -0.144. The molecule has 1 unspecified atom stereocenters. The fraction of sp³-hybridized carbons (Fsp3) is 0.179. The second-order valence-corrected chi connectivity index (χ2v) is 8.28. The molecule has 40 heavy (non-hydrogen) atoms. The number of hydrogen-bond donors (Lipinski definition) is 2. The lowest BCUT2D eigenvalue weighted by Crippen LogP contribution is -2.32. The summed E-state index contributed by atoms with van der Waals surface area (Å²) in [6, 6.07) is 10.5. The van der Waals surface area contributed by atoms with E-state index in [4.69, 9.17) is 0 Å². The number of pyridine rings is 1. The van der Waals surface area contributed by atoms with Crippen molar-refractivity contribution in [3.05, 3.63) is 113 Å². The largest absolute Gasteiger partial charge is 0.418 e. The predicted molar refractivity (Wildman–Crippen MR) is 131 cm³/mol. The van der Waals surface area contributed by atoms with E-state index in [0.717, 1.165) is 35.9 Å². The van der Waals surface area contributed by atoms with E-state index in [2.05, 4.69) is 34.0 Å². The maximum atomic E-state index is 13.8. The number of nitrogens with zero attached hydrogens (tertiary/aromatic N) is 1. The van der Waals surface area contributed by atoms with Gasteiger partial charge >= 0.3 is 12.4 Å². The van der Waals surface area contributed by atoms with Crippen LogP contribution in [0, 0.1) is 17.7 Å². The van der Waals surface area contributed by atoms with Crippen LogP contribution in [0.2, 0.25) is 0 Å². The van der Waals surface area contributed by atoms with E-state index in [1.54, 1.807) is 24.3 Å². The van der Waals surface area contributed by atoms with E-state index in [-0.39, 0.29) is 36.8 Å². The maximum absolute atomic E-state index is 13.8. The molecule has 0 fully saturated rings.